The predicted octanol–water partition coefficient (Wildman–Crippen LogP) is 0.180. The van der Waals surface area contributed by atoms with Gasteiger partial charge in [-0.1, -0.05) is 19.8 Å². The number of carbonyl (C=O) groups is 2. The predicted molar refractivity (Wildman–Crippen MR) is 69.2 cm³/mol. The quantitative estimate of drug-likeness (QED) is 0.653. The second kappa shape index (κ2) is 6.89. The zero-order valence-corrected chi connectivity index (χ0v) is 11.2. The Balaban J connectivity index is 2.69. The monoisotopic (exact) mass is 268 g/mol. The second-order valence-corrected chi connectivity index (χ2v) is 4.48. The van der Waals surface area contributed by atoms with E-state index in [9.17, 15) is 9.59 Å². The van der Waals surface area contributed by atoms with Crippen LogP contribution in [0.2, 0.25) is 0 Å². The first-order valence-electron chi connectivity index (χ1n) is 6.23. The smallest absolute Gasteiger partial charge is 0.331 e. The van der Waals surface area contributed by atoms with Crippen LogP contribution in [0.25, 0.3) is 0 Å². The van der Waals surface area contributed by atoms with E-state index >= 15 is 0 Å². The number of carboxylic acid groups (broad SMARTS) is 1. The minimum atomic E-state index is -1.14. The van der Waals surface area contributed by atoms with Gasteiger partial charge in [0.15, 0.2) is 6.04 Å². The molecule has 0 fully saturated rings. The van der Waals surface area contributed by atoms with Gasteiger partial charge in [0, 0.05) is 18.8 Å². The highest BCUT2D eigenvalue weighted by atomic mass is 16.4. The van der Waals surface area contributed by atoms with Crippen LogP contribution in [-0.2, 0) is 16.6 Å². The van der Waals surface area contributed by atoms with Crippen LogP contribution >= 0.6 is 0 Å². The first-order chi connectivity index (χ1) is 8.95. The lowest BCUT2D eigenvalue weighted by Gasteiger charge is -2.16. The average Bonchev–Trinajstić information content (AvgIpc) is 2.78. The van der Waals surface area contributed by atoms with E-state index in [4.69, 9.17) is 10.8 Å². The molecule has 7 nitrogen and oxygen atoms in total. The summed E-state index contributed by atoms with van der Waals surface area (Å²) in [5.41, 5.74) is 6.13. The number of aromatic nitrogens is 2. The van der Waals surface area contributed by atoms with Crippen molar-refractivity contribution < 1.29 is 14.7 Å². The van der Waals surface area contributed by atoms with Gasteiger partial charge >= 0.3 is 5.97 Å². The van der Waals surface area contributed by atoms with Gasteiger partial charge in [-0.15, -0.1) is 0 Å². The van der Waals surface area contributed by atoms with Crippen molar-refractivity contribution in [3.05, 3.63) is 18.0 Å². The van der Waals surface area contributed by atoms with Gasteiger partial charge in [0.2, 0.25) is 5.91 Å². The molecule has 19 heavy (non-hydrogen) atoms. The Morgan fingerprint density at radius 1 is 1.58 bits per heavy atom. The van der Waals surface area contributed by atoms with Crippen molar-refractivity contribution in [1.82, 2.24) is 15.1 Å². The highest BCUT2D eigenvalue weighted by Crippen LogP contribution is 2.12. The van der Waals surface area contributed by atoms with Crippen LogP contribution in [0.4, 0.5) is 0 Å². The summed E-state index contributed by atoms with van der Waals surface area (Å²) < 4.78 is 1.48. The third-order valence-corrected chi connectivity index (χ3v) is 2.80. The first kappa shape index (κ1) is 15.2. The second-order valence-electron chi connectivity index (χ2n) is 4.48. The highest BCUT2D eigenvalue weighted by molar-refractivity contribution is 5.87. The molecule has 0 radical (unpaired) electrons. The summed E-state index contributed by atoms with van der Waals surface area (Å²) in [5, 5.41) is 15.5. The summed E-state index contributed by atoms with van der Waals surface area (Å²) in [6.07, 6.45) is 5.28. The molecule has 7 heteroatoms. The zero-order chi connectivity index (χ0) is 14.4. The number of rotatable bonds is 7. The molecule has 1 aromatic rings. The van der Waals surface area contributed by atoms with Gasteiger partial charge in [0.25, 0.3) is 0 Å². The number of hydrogen-bond acceptors (Lipinski definition) is 4. The Hall–Kier alpha value is -1.89. The minimum Gasteiger partial charge on any atom is -0.479 e. The third kappa shape index (κ3) is 4.36. The number of aryl methyl sites for hydroxylation is 1. The standard InChI is InChI=1S/C12H20N4O3/c1-3-4-5-9(13)11(17)15-10(12(18)19)8-6-14-16(2)7-8/h6-7,9-10H,3-5,13H2,1-2H3,(H,15,17)(H,18,19)/t9-,10?/m0/s1. The number of nitrogens with one attached hydrogen (secondary N) is 1. The van der Waals surface area contributed by atoms with Gasteiger partial charge in [-0.25, -0.2) is 4.79 Å². The average molecular weight is 268 g/mol. The molecule has 1 unspecified atom stereocenters. The van der Waals surface area contributed by atoms with Crippen LogP contribution in [0, 0.1) is 0 Å². The molecule has 0 bridgehead atoms. The Morgan fingerprint density at radius 3 is 2.74 bits per heavy atom. The maximum Gasteiger partial charge on any atom is 0.331 e. The van der Waals surface area contributed by atoms with Crippen LogP contribution < -0.4 is 11.1 Å². The van der Waals surface area contributed by atoms with Gasteiger partial charge in [-0.3, -0.25) is 9.48 Å². The highest BCUT2D eigenvalue weighted by Gasteiger charge is 2.25. The first-order valence-corrected chi connectivity index (χ1v) is 6.23. The van der Waals surface area contributed by atoms with E-state index in [1.165, 1.54) is 10.9 Å². The SMILES string of the molecule is CCCC[C@H](N)C(=O)NC(C(=O)O)c1cnn(C)c1. The minimum absolute atomic E-state index is 0.422. The van der Waals surface area contributed by atoms with Crippen LogP contribution in [0.1, 0.15) is 37.8 Å². The van der Waals surface area contributed by atoms with Gasteiger partial charge < -0.3 is 16.2 Å². The molecule has 1 aromatic heterocycles. The van der Waals surface area contributed by atoms with E-state index in [-0.39, 0.29) is 0 Å². The van der Waals surface area contributed by atoms with Crippen molar-refractivity contribution in [2.45, 2.75) is 38.3 Å². The summed E-state index contributed by atoms with van der Waals surface area (Å²) in [7, 11) is 1.68. The normalized spacial score (nSPS) is 13.8. The molecule has 1 amide bonds. The molecule has 1 heterocycles. The van der Waals surface area contributed by atoms with Crippen LogP contribution in [-0.4, -0.2) is 32.8 Å². The molecule has 0 aliphatic rings. The lowest BCUT2D eigenvalue weighted by molar-refractivity contribution is -0.142. The Kier molecular flexibility index (Phi) is 5.50. The fraction of sp³-hybridized carbons (Fsp3) is 0.583. The molecular formula is C12H20N4O3. The third-order valence-electron chi connectivity index (χ3n) is 2.80. The van der Waals surface area contributed by atoms with Gasteiger partial charge in [-0.05, 0) is 6.42 Å². The lowest BCUT2D eigenvalue weighted by Crippen LogP contribution is -2.44. The van der Waals surface area contributed by atoms with Gasteiger partial charge in [0.1, 0.15) is 0 Å². The number of nitrogens with two attached hydrogens (primary N) is 1. The van der Waals surface area contributed by atoms with Crippen molar-refractivity contribution in [2.24, 2.45) is 12.8 Å². The number of carboxylic acids is 1. The van der Waals surface area contributed by atoms with E-state index in [1.54, 1.807) is 13.2 Å². The van der Waals surface area contributed by atoms with E-state index in [1.807, 2.05) is 6.92 Å². The summed E-state index contributed by atoms with van der Waals surface area (Å²) in [4.78, 5) is 23.0. The molecule has 106 valence electrons. The van der Waals surface area contributed by atoms with Gasteiger partial charge in [-0.2, -0.15) is 5.10 Å². The number of hydrogen-bond donors (Lipinski definition) is 3. The van der Waals surface area contributed by atoms with E-state index in [0.717, 1.165) is 12.8 Å². The molecule has 0 aliphatic carbocycles. The van der Waals surface area contributed by atoms with Crippen LogP contribution in [0.15, 0.2) is 12.4 Å². The van der Waals surface area contributed by atoms with Crippen molar-refractivity contribution in [2.75, 3.05) is 0 Å². The van der Waals surface area contributed by atoms with E-state index in [2.05, 4.69) is 10.4 Å². The largest absolute Gasteiger partial charge is 0.479 e. The lowest BCUT2D eigenvalue weighted by atomic mass is 10.1. The van der Waals surface area contributed by atoms with Crippen LogP contribution in [0.5, 0.6) is 0 Å². The topological polar surface area (TPSA) is 110 Å². The van der Waals surface area contributed by atoms with Crippen molar-refractivity contribution in [3.8, 4) is 0 Å². The number of nitrogens with zero attached hydrogens (tertiary/aromatic N) is 2. The molecule has 0 aliphatic heterocycles. The molecule has 0 saturated heterocycles. The van der Waals surface area contributed by atoms with E-state index < -0.39 is 24.0 Å². The van der Waals surface area contributed by atoms with Crippen molar-refractivity contribution in [3.63, 3.8) is 0 Å². The molecular weight excluding hydrogens is 248 g/mol. The summed E-state index contributed by atoms with van der Waals surface area (Å²) in [5.74, 6) is -1.59. The number of amides is 1. The molecule has 0 aromatic carbocycles. The van der Waals surface area contributed by atoms with Crippen molar-refractivity contribution in [1.29, 1.82) is 0 Å². The molecule has 4 N–H and O–H groups in total. The summed E-state index contributed by atoms with van der Waals surface area (Å²) in [6, 6.07) is -1.80. The fourth-order valence-corrected chi connectivity index (χ4v) is 1.68. The molecule has 0 saturated carbocycles. The number of aliphatic carboxylic acids is 1. The molecule has 2 atom stereocenters. The number of unbranched alkanes of at least 4 members (excludes halogenated alkanes) is 1. The summed E-state index contributed by atoms with van der Waals surface area (Å²) in [6.45, 7) is 2.00. The van der Waals surface area contributed by atoms with Crippen LogP contribution in [0.3, 0.4) is 0 Å². The maximum atomic E-state index is 11.8. The Labute approximate surface area is 111 Å². The van der Waals surface area contributed by atoms with Gasteiger partial charge in [0.05, 0.1) is 12.2 Å². The summed E-state index contributed by atoms with van der Waals surface area (Å²) >= 11 is 0. The number of carbonyl (C=O) groups excluding carboxylic acids is 1. The Morgan fingerprint density at radius 2 is 2.26 bits per heavy atom. The Bertz CT molecular complexity index is 444. The zero-order valence-electron chi connectivity index (χ0n) is 11.2. The molecule has 1 rings (SSSR count). The van der Waals surface area contributed by atoms with Crippen molar-refractivity contribution >= 4 is 11.9 Å². The fourth-order valence-electron chi connectivity index (χ4n) is 1.68. The molecule has 0 spiro atoms. The maximum absolute atomic E-state index is 11.8. The van der Waals surface area contributed by atoms with E-state index in [0.29, 0.717) is 12.0 Å².